The number of nitrogens with zero attached hydrogens (tertiary/aromatic N) is 2. The zero-order valence-electron chi connectivity index (χ0n) is 15.2. The van der Waals surface area contributed by atoms with E-state index in [1.807, 2.05) is 31.2 Å². The Morgan fingerprint density at radius 1 is 1.38 bits per heavy atom. The fraction of sp³-hybridized carbons (Fsp3) is 0.421. The topological polar surface area (TPSA) is 86.5 Å². The molecule has 2 aromatic rings. The first-order valence-electron chi connectivity index (χ1n) is 8.61. The summed E-state index contributed by atoms with van der Waals surface area (Å²) in [6.07, 6.45) is 6.50. The summed E-state index contributed by atoms with van der Waals surface area (Å²) < 4.78 is 16.1. The van der Waals surface area contributed by atoms with E-state index in [4.69, 9.17) is 14.0 Å². The van der Waals surface area contributed by atoms with Crippen LogP contribution in [0.2, 0.25) is 0 Å². The molecule has 0 spiro atoms. The first kappa shape index (κ1) is 18.0. The third-order valence-corrected chi connectivity index (χ3v) is 4.45. The van der Waals surface area contributed by atoms with E-state index in [9.17, 15) is 4.79 Å². The van der Waals surface area contributed by atoms with Crippen molar-refractivity contribution in [1.29, 1.82) is 0 Å². The highest BCUT2D eigenvalue weighted by atomic mass is 16.5. The Balaban J connectivity index is 1.64. The predicted octanol–water partition coefficient (Wildman–Crippen LogP) is 2.99. The minimum Gasteiger partial charge on any atom is -0.493 e. The van der Waals surface area contributed by atoms with Gasteiger partial charge in [0.1, 0.15) is 5.54 Å². The smallest absolute Gasteiger partial charge is 0.258 e. The van der Waals surface area contributed by atoms with E-state index in [-0.39, 0.29) is 12.5 Å². The summed E-state index contributed by atoms with van der Waals surface area (Å²) >= 11 is 0. The molecular formula is C19H23N3O4. The zero-order valence-corrected chi connectivity index (χ0v) is 15.2. The van der Waals surface area contributed by atoms with Crippen molar-refractivity contribution in [3.05, 3.63) is 41.6 Å². The number of nitrogens with one attached hydrogen (secondary N) is 1. The summed E-state index contributed by atoms with van der Waals surface area (Å²) in [4.78, 5) is 16.7. The molecular weight excluding hydrogens is 334 g/mol. The maximum Gasteiger partial charge on any atom is 0.258 e. The monoisotopic (exact) mass is 357 g/mol. The third kappa shape index (κ3) is 3.71. The first-order valence-corrected chi connectivity index (χ1v) is 8.61. The van der Waals surface area contributed by atoms with Gasteiger partial charge in [-0.1, -0.05) is 23.4 Å². The minimum atomic E-state index is -0.544. The van der Waals surface area contributed by atoms with Gasteiger partial charge < -0.3 is 19.3 Å². The highest BCUT2D eigenvalue weighted by Crippen LogP contribution is 2.39. The maximum atomic E-state index is 12.4. The molecule has 0 bridgehead atoms. The standard InChI is InChI=1S/C19H23N3O4/c1-4-6-14-7-8-15(16(11-14)24-3)25-12-17(23)21-19(9-5-10-19)18-20-13(2)26-22-18/h4,6-8,11H,5,9-10,12H2,1-3H3,(H,21,23)/b6-4-. The minimum absolute atomic E-state index is 0.113. The van der Waals surface area contributed by atoms with Gasteiger partial charge in [0.05, 0.1) is 7.11 Å². The summed E-state index contributed by atoms with van der Waals surface area (Å²) in [5, 5.41) is 6.97. The number of aryl methyl sites for hydroxylation is 1. The number of allylic oxidation sites excluding steroid dienone is 1. The molecule has 0 saturated heterocycles. The molecule has 138 valence electrons. The number of rotatable bonds is 7. The van der Waals surface area contributed by atoms with E-state index in [1.54, 1.807) is 20.1 Å². The van der Waals surface area contributed by atoms with Gasteiger partial charge in [0, 0.05) is 6.92 Å². The second-order valence-corrected chi connectivity index (χ2v) is 6.32. The molecule has 7 heteroatoms. The Hall–Kier alpha value is -2.83. The molecule has 1 aromatic heterocycles. The van der Waals surface area contributed by atoms with E-state index < -0.39 is 5.54 Å². The molecule has 7 nitrogen and oxygen atoms in total. The average Bonchev–Trinajstić information content (AvgIpc) is 3.03. The molecule has 1 aliphatic rings. The zero-order chi connectivity index (χ0) is 18.6. The van der Waals surface area contributed by atoms with E-state index in [1.165, 1.54) is 0 Å². The first-order chi connectivity index (χ1) is 12.6. The molecule has 1 heterocycles. The van der Waals surface area contributed by atoms with E-state index in [2.05, 4.69) is 15.5 Å². The van der Waals surface area contributed by atoms with Crippen LogP contribution in [0, 0.1) is 6.92 Å². The quantitative estimate of drug-likeness (QED) is 0.820. The van der Waals surface area contributed by atoms with Crippen LogP contribution in [0.3, 0.4) is 0 Å². The molecule has 1 aliphatic carbocycles. The van der Waals surface area contributed by atoms with Gasteiger partial charge in [-0.25, -0.2) is 0 Å². The number of carbonyl (C=O) groups is 1. The number of amides is 1. The van der Waals surface area contributed by atoms with Crippen molar-refractivity contribution >= 4 is 12.0 Å². The van der Waals surface area contributed by atoms with Crippen molar-refractivity contribution in [2.24, 2.45) is 0 Å². The van der Waals surface area contributed by atoms with Crippen LogP contribution in [0.5, 0.6) is 11.5 Å². The number of carbonyl (C=O) groups excluding carboxylic acids is 1. The van der Waals surface area contributed by atoms with Gasteiger partial charge in [0.2, 0.25) is 5.89 Å². The molecule has 1 N–H and O–H groups in total. The summed E-state index contributed by atoms with van der Waals surface area (Å²) in [6, 6.07) is 5.57. The Labute approximate surface area is 152 Å². The molecule has 26 heavy (non-hydrogen) atoms. The van der Waals surface area contributed by atoms with E-state index >= 15 is 0 Å². The van der Waals surface area contributed by atoms with Gasteiger partial charge in [-0.05, 0) is 43.9 Å². The Kier molecular flexibility index (Phi) is 5.25. The van der Waals surface area contributed by atoms with Crippen LogP contribution in [0.15, 0.2) is 28.8 Å². The van der Waals surface area contributed by atoms with Crippen LogP contribution in [0.4, 0.5) is 0 Å². The van der Waals surface area contributed by atoms with Crippen molar-refractivity contribution in [2.75, 3.05) is 13.7 Å². The van der Waals surface area contributed by atoms with Crippen LogP contribution < -0.4 is 14.8 Å². The lowest BCUT2D eigenvalue weighted by Gasteiger charge is -2.39. The van der Waals surface area contributed by atoms with Crippen LogP contribution in [0.1, 0.15) is 43.5 Å². The summed E-state index contributed by atoms with van der Waals surface area (Å²) in [6.45, 7) is 3.57. The van der Waals surface area contributed by atoms with Gasteiger partial charge >= 0.3 is 0 Å². The SMILES string of the molecule is C/C=C\c1ccc(OCC(=O)NC2(c3noc(C)n3)CCC2)c(OC)c1. The van der Waals surface area contributed by atoms with Crippen molar-refractivity contribution in [1.82, 2.24) is 15.5 Å². The van der Waals surface area contributed by atoms with Crippen molar-refractivity contribution in [2.45, 2.75) is 38.6 Å². The molecule has 1 aromatic carbocycles. The Morgan fingerprint density at radius 3 is 2.77 bits per heavy atom. The molecule has 1 fully saturated rings. The van der Waals surface area contributed by atoms with Crippen LogP contribution in [-0.2, 0) is 10.3 Å². The summed E-state index contributed by atoms with van der Waals surface area (Å²) in [5.41, 5.74) is 0.458. The molecule has 0 atom stereocenters. The molecule has 0 aliphatic heterocycles. The number of ether oxygens (including phenoxy) is 2. The Bertz CT molecular complexity index is 809. The summed E-state index contributed by atoms with van der Waals surface area (Å²) in [7, 11) is 1.57. The fourth-order valence-electron chi connectivity index (χ4n) is 2.97. The lowest BCUT2D eigenvalue weighted by Crippen LogP contribution is -2.52. The molecule has 1 saturated carbocycles. The molecule has 3 rings (SSSR count). The number of benzene rings is 1. The van der Waals surface area contributed by atoms with Crippen molar-refractivity contribution in [3.8, 4) is 11.5 Å². The van der Waals surface area contributed by atoms with Gasteiger partial charge in [-0.2, -0.15) is 4.98 Å². The molecule has 0 radical (unpaired) electrons. The molecule has 1 amide bonds. The van der Waals surface area contributed by atoms with Crippen LogP contribution in [0.25, 0.3) is 6.08 Å². The van der Waals surface area contributed by atoms with E-state index in [0.29, 0.717) is 23.2 Å². The molecule has 0 unspecified atom stereocenters. The van der Waals surface area contributed by atoms with Crippen molar-refractivity contribution in [3.63, 3.8) is 0 Å². The number of aromatic nitrogens is 2. The highest BCUT2D eigenvalue weighted by Gasteiger charge is 2.44. The van der Waals surface area contributed by atoms with Crippen molar-refractivity contribution < 1.29 is 18.8 Å². The predicted molar refractivity (Wildman–Crippen MR) is 95.9 cm³/mol. The number of hydrogen-bond acceptors (Lipinski definition) is 6. The van der Waals surface area contributed by atoms with E-state index in [0.717, 1.165) is 24.8 Å². The number of hydrogen-bond donors (Lipinski definition) is 1. The lowest BCUT2D eigenvalue weighted by molar-refractivity contribution is -0.126. The normalized spacial score (nSPS) is 15.5. The van der Waals surface area contributed by atoms with Crippen LogP contribution >= 0.6 is 0 Å². The summed E-state index contributed by atoms with van der Waals surface area (Å²) in [5.74, 6) is 1.90. The second-order valence-electron chi connectivity index (χ2n) is 6.32. The lowest BCUT2D eigenvalue weighted by atomic mass is 9.76. The second kappa shape index (κ2) is 7.59. The largest absolute Gasteiger partial charge is 0.493 e. The van der Waals surface area contributed by atoms with Gasteiger partial charge in [-0.3, -0.25) is 4.79 Å². The van der Waals surface area contributed by atoms with Gasteiger partial charge in [0.15, 0.2) is 23.9 Å². The van der Waals surface area contributed by atoms with Gasteiger partial charge in [-0.15, -0.1) is 0 Å². The number of methoxy groups -OCH3 is 1. The van der Waals surface area contributed by atoms with Gasteiger partial charge in [0.25, 0.3) is 5.91 Å². The maximum absolute atomic E-state index is 12.4. The Morgan fingerprint density at radius 2 is 2.19 bits per heavy atom. The fourth-order valence-corrected chi connectivity index (χ4v) is 2.97. The third-order valence-electron chi connectivity index (χ3n) is 4.45. The van der Waals surface area contributed by atoms with Crippen LogP contribution in [-0.4, -0.2) is 29.8 Å². The average molecular weight is 357 g/mol. The highest BCUT2D eigenvalue weighted by molar-refractivity contribution is 5.78.